The first-order chi connectivity index (χ1) is 6.57. The molecule has 0 aliphatic rings. The van der Waals surface area contributed by atoms with Crippen molar-refractivity contribution in [1.29, 1.82) is 0 Å². The molecule has 0 bridgehead atoms. The summed E-state index contributed by atoms with van der Waals surface area (Å²) in [6.45, 7) is 9.30. The summed E-state index contributed by atoms with van der Waals surface area (Å²) in [6, 6.07) is 0.464. The molecule has 0 radical (unpaired) electrons. The van der Waals surface area contributed by atoms with E-state index in [-0.39, 0.29) is 0 Å². The van der Waals surface area contributed by atoms with E-state index in [1.54, 1.807) is 0 Å². The molecule has 0 spiro atoms. The van der Waals surface area contributed by atoms with Crippen molar-refractivity contribution in [2.45, 2.75) is 46.6 Å². The van der Waals surface area contributed by atoms with Gasteiger partial charge in [0.1, 0.15) is 0 Å². The van der Waals surface area contributed by atoms with Gasteiger partial charge in [-0.2, -0.15) is 5.10 Å². The van der Waals surface area contributed by atoms with Crippen LogP contribution in [0.4, 0.5) is 0 Å². The van der Waals surface area contributed by atoms with Crippen molar-refractivity contribution in [1.82, 2.24) is 9.78 Å². The van der Waals surface area contributed by atoms with Gasteiger partial charge in [-0.25, -0.2) is 0 Å². The Morgan fingerprint density at radius 3 is 2.43 bits per heavy atom. The van der Waals surface area contributed by atoms with E-state index >= 15 is 0 Å². The van der Waals surface area contributed by atoms with Gasteiger partial charge in [-0.1, -0.05) is 0 Å². The molecular formula is C11H21N3. The Hall–Kier alpha value is -0.830. The Bertz CT molecular complexity index is 302. The molecule has 1 rings (SSSR count). The predicted octanol–water partition coefficient (Wildman–Crippen LogP) is 2.11. The normalized spacial score (nSPS) is 13.2. The number of aromatic nitrogens is 2. The molecule has 3 nitrogen and oxygen atoms in total. The third-order valence-electron chi connectivity index (χ3n) is 2.93. The molecule has 0 amide bonds. The largest absolute Gasteiger partial charge is 0.330 e. The Morgan fingerprint density at radius 1 is 1.36 bits per heavy atom. The molecule has 1 aromatic heterocycles. The van der Waals surface area contributed by atoms with Crippen LogP contribution in [0.3, 0.4) is 0 Å². The van der Waals surface area contributed by atoms with Gasteiger partial charge in [0.2, 0.25) is 0 Å². The van der Waals surface area contributed by atoms with Crippen molar-refractivity contribution in [3.8, 4) is 0 Å². The summed E-state index contributed by atoms with van der Waals surface area (Å²) in [6.07, 6.45) is 2.18. The second kappa shape index (κ2) is 4.60. The first-order valence-electron chi connectivity index (χ1n) is 5.30. The van der Waals surface area contributed by atoms with Crippen LogP contribution in [0.1, 0.15) is 42.8 Å². The van der Waals surface area contributed by atoms with E-state index in [2.05, 4.69) is 37.5 Å². The van der Waals surface area contributed by atoms with E-state index in [1.807, 2.05) is 0 Å². The number of hydrogen-bond donors (Lipinski definition) is 1. The van der Waals surface area contributed by atoms with Crippen LogP contribution in [0.25, 0.3) is 0 Å². The molecule has 0 saturated heterocycles. The van der Waals surface area contributed by atoms with Crippen LogP contribution in [0.15, 0.2) is 0 Å². The second-order valence-corrected chi connectivity index (χ2v) is 4.02. The highest BCUT2D eigenvalue weighted by Gasteiger charge is 2.11. The van der Waals surface area contributed by atoms with Gasteiger partial charge < -0.3 is 5.73 Å². The van der Waals surface area contributed by atoms with Gasteiger partial charge in [0.25, 0.3) is 0 Å². The molecule has 80 valence electrons. The Balaban J connectivity index is 2.79. The van der Waals surface area contributed by atoms with Gasteiger partial charge in [-0.3, -0.25) is 4.68 Å². The van der Waals surface area contributed by atoms with Crippen LogP contribution in [0, 0.1) is 20.8 Å². The topological polar surface area (TPSA) is 43.8 Å². The highest BCUT2D eigenvalue weighted by Crippen LogP contribution is 2.18. The summed E-state index contributed by atoms with van der Waals surface area (Å²) in [4.78, 5) is 0. The van der Waals surface area contributed by atoms with Crippen molar-refractivity contribution in [2.75, 3.05) is 6.54 Å². The number of hydrogen-bond acceptors (Lipinski definition) is 2. The van der Waals surface area contributed by atoms with Crippen LogP contribution >= 0.6 is 0 Å². The average Bonchev–Trinajstić information content (AvgIpc) is 2.42. The predicted molar refractivity (Wildman–Crippen MR) is 59.4 cm³/mol. The summed E-state index contributed by atoms with van der Waals surface area (Å²) in [5, 5.41) is 4.54. The smallest absolute Gasteiger partial charge is 0.0625 e. The summed E-state index contributed by atoms with van der Waals surface area (Å²) < 4.78 is 2.13. The molecule has 1 unspecified atom stereocenters. The summed E-state index contributed by atoms with van der Waals surface area (Å²) in [7, 11) is 0. The van der Waals surface area contributed by atoms with Crippen LogP contribution in [0.2, 0.25) is 0 Å². The maximum absolute atomic E-state index is 5.50. The van der Waals surface area contributed by atoms with E-state index in [0.717, 1.165) is 25.1 Å². The minimum Gasteiger partial charge on any atom is -0.330 e. The molecule has 0 saturated carbocycles. The molecule has 0 aliphatic heterocycles. The lowest BCUT2D eigenvalue weighted by atomic mass is 10.1. The Labute approximate surface area is 86.3 Å². The quantitative estimate of drug-likeness (QED) is 0.799. The minimum absolute atomic E-state index is 0.464. The van der Waals surface area contributed by atoms with Crippen LogP contribution in [-0.4, -0.2) is 16.3 Å². The number of aryl methyl sites for hydroxylation is 1. The van der Waals surface area contributed by atoms with Crippen molar-refractivity contribution in [3.63, 3.8) is 0 Å². The fourth-order valence-corrected chi connectivity index (χ4v) is 1.71. The highest BCUT2D eigenvalue weighted by molar-refractivity contribution is 5.22. The fraction of sp³-hybridized carbons (Fsp3) is 0.727. The molecule has 1 heterocycles. The number of nitrogens with two attached hydrogens (primary N) is 1. The maximum atomic E-state index is 5.50. The van der Waals surface area contributed by atoms with E-state index in [4.69, 9.17) is 5.73 Å². The van der Waals surface area contributed by atoms with Crippen LogP contribution in [-0.2, 0) is 0 Å². The van der Waals surface area contributed by atoms with Crippen molar-refractivity contribution < 1.29 is 0 Å². The zero-order chi connectivity index (χ0) is 10.7. The van der Waals surface area contributed by atoms with Gasteiger partial charge in [0.05, 0.1) is 5.69 Å². The molecule has 1 atom stereocenters. The lowest BCUT2D eigenvalue weighted by molar-refractivity contribution is 0.438. The first kappa shape index (κ1) is 11.2. The monoisotopic (exact) mass is 195 g/mol. The summed E-state index contributed by atoms with van der Waals surface area (Å²) in [5.74, 6) is 0. The van der Waals surface area contributed by atoms with Crippen molar-refractivity contribution in [3.05, 3.63) is 17.0 Å². The van der Waals surface area contributed by atoms with Gasteiger partial charge in [-0.05, 0) is 52.6 Å². The van der Waals surface area contributed by atoms with E-state index in [9.17, 15) is 0 Å². The van der Waals surface area contributed by atoms with E-state index in [1.165, 1.54) is 11.3 Å². The molecule has 2 N–H and O–H groups in total. The zero-order valence-corrected chi connectivity index (χ0v) is 9.67. The van der Waals surface area contributed by atoms with E-state index in [0.29, 0.717) is 6.04 Å². The van der Waals surface area contributed by atoms with Gasteiger partial charge in [0.15, 0.2) is 0 Å². The number of rotatable bonds is 4. The molecule has 1 aromatic rings. The molecule has 0 aliphatic carbocycles. The molecule has 0 fully saturated rings. The van der Waals surface area contributed by atoms with Crippen molar-refractivity contribution in [2.24, 2.45) is 5.73 Å². The maximum Gasteiger partial charge on any atom is 0.0625 e. The molecule has 14 heavy (non-hydrogen) atoms. The van der Waals surface area contributed by atoms with Crippen LogP contribution < -0.4 is 5.73 Å². The minimum atomic E-state index is 0.464. The third kappa shape index (κ3) is 2.15. The zero-order valence-electron chi connectivity index (χ0n) is 9.67. The van der Waals surface area contributed by atoms with Gasteiger partial charge in [0, 0.05) is 11.7 Å². The summed E-state index contributed by atoms with van der Waals surface area (Å²) in [5.41, 5.74) is 9.23. The van der Waals surface area contributed by atoms with E-state index < -0.39 is 0 Å². The Morgan fingerprint density at radius 2 is 2.00 bits per heavy atom. The lowest BCUT2D eigenvalue weighted by Crippen LogP contribution is -2.11. The standard InChI is InChI=1S/C11H21N3/c1-8(6-5-7-12)14-11(4)9(2)10(3)13-14/h8H,5-7,12H2,1-4H3. The third-order valence-corrected chi connectivity index (χ3v) is 2.93. The molecule has 0 aromatic carbocycles. The average molecular weight is 195 g/mol. The fourth-order valence-electron chi connectivity index (χ4n) is 1.71. The van der Waals surface area contributed by atoms with Gasteiger partial charge >= 0.3 is 0 Å². The van der Waals surface area contributed by atoms with Crippen LogP contribution in [0.5, 0.6) is 0 Å². The lowest BCUT2D eigenvalue weighted by Gasteiger charge is -2.13. The SMILES string of the molecule is Cc1nn(C(C)CCCN)c(C)c1C. The summed E-state index contributed by atoms with van der Waals surface area (Å²) >= 11 is 0. The second-order valence-electron chi connectivity index (χ2n) is 4.02. The Kier molecular flexibility index (Phi) is 3.69. The van der Waals surface area contributed by atoms with Crippen molar-refractivity contribution >= 4 is 0 Å². The number of nitrogens with zero attached hydrogens (tertiary/aromatic N) is 2. The molecular weight excluding hydrogens is 174 g/mol. The molecule has 3 heteroatoms. The first-order valence-corrected chi connectivity index (χ1v) is 5.30. The highest BCUT2D eigenvalue weighted by atomic mass is 15.3. The van der Waals surface area contributed by atoms with Gasteiger partial charge in [-0.15, -0.1) is 0 Å².